The van der Waals surface area contributed by atoms with E-state index >= 15 is 0 Å². The fraction of sp³-hybridized carbons (Fsp3) is 0.259. The van der Waals surface area contributed by atoms with Crippen molar-refractivity contribution in [3.8, 4) is 0 Å². The molecule has 5 aromatic rings. The fourth-order valence-corrected chi connectivity index (χ4v) is 6.14. The molecule has 4 heterocycles. The zero-order chi connectivity index (χ0) is 23.8. The summed E-state index contributed by atoms with van der Waals surface area (Å²) >= 11 is 0. The average Bonchev–Trinajstić information content (AvgIpc) is 3.53. The Balaban J connectivity index is 1.64. The molecule has 35 heavy (non-hydrogen) atoms. The predicted molar refractivity (Wildman–Crippen MR) is 133 cm³/mol. The van der Waals surface area contributed by atoms with E-state index in [2.05, 4.69) is 26.3 Å². The molecule has 2 aliphatic rings. The second-order valence-corrected chi connectivity index (χ2v) is 9.48. The van der Waals surface area contributed by atoms with E-state index in [-0.39, 0.29) is 5.91 Å². The number of rotatable bonds is 3. The van der Waals surface area contributed by atoms with Crippen LogP contribution in [0.2, 0.25) is 0 Å². The molecule has 0 aliphatic carbocycles. The summed E-state index contributed by atoms with van der Waals surface area (Å²) in [6, 6.07) is 15.7. The number of nitrogens with zero attached hydrogens (tertiary/aromatic N) is 1. The van der Waals surface area contributed by atoms with Crippen molar-refractivity contribution < 1.29 is 19.4 Å². The lowest BCUT2D eigenvalue weighted by Crippen LogP contribution is -2.51. The van der Waals surface area contributed by atoms with E-state index in [4.69, 9.17) is 4.74 Å². The lowest BCUT2D eigenvalue weighted by Gasteiger charge is -2.38. The number of nitrogens with one attached hydrogen (secondary N) is 3. The maximum atomic E-state index is 13.2. The molecule has 4 N–H and O–H groups in total. The molecular formula is C27H24N4O4. The van der Waals surface area contributed by atoms with Gasteiger partial charge < -0.3 is 30.0 Å². The Morgan fingerprint density at radius 1 is 1.11 bits per heavy atom. The molecule has 4 atom stereocenters. The molecule has 176 valence electrons. The van der Waals surface area contributed by atoms with Crippen molar-refractivity contribution in [2.24, 2.45) is 0 Å². The molecule has 1 saturated heterocycles. The highest BCUT2D eigenvalue weighted by Crippen LogP contribution is 2.45. The lowest BCUT2D eigenvalue weighted by molar-refractivity contribution is -0.150. The molecule has 2 aromatic heterocycles. The third-order valence-electron chi connectivity index (χ3n) is 7.65. The zero-order valence-electron chi connectivity index (χ0n) is 19.0. The molecule has 2 aliphatic heterocycles. The topological polar surface area (TPSA) is 108 Å². The number of aromatic amines is 1. The van der Waals surface area contributed by atoms with E-state index in [0.717, 1.165) is 49.2 Å². The molecule has 0 bridgehead atoms. The summed E-state index contributed by atoms with van der Waals surface area (Å²) in [6.45, 7) is 2.30. The normalized spacial score (nSPS) is 24.3. The van der Waals surface area contributed by atoms with Crippen LogP contribution in [-0.2, 0) is 16.1 Å². The Kier molecular flexibility index (Phi) is 4.28. The van der Waals surface area contributed by atoms with E-state index in [1.54, 1.807) is 0 Å². The first-order chi connectivity index (χ1) is 17.1. The number of aliphatic hydroxyl groups is 1. The van der Waals surface area contributed by atoms with Gasteiger partial charge in [0.15, 0.2) is 0 Å². The summed E-state index contributed by atoms with van der Waals surface area (Å²) in [7, 11) is 0. The molecule has 0 saturated carbocycles. The monoisotopic (exact) mass is 468 g/mol. The quantitative estimate of drug-likeness (QED) is 0.304. The Morgan fingerprint density at radius 3 is 2.71 bits per heavy atom. The van der Waals surface area contributed by atoms with Crippen molar-refractivity contribution in [3.63, 3.8) is 0 Å². The molecule has 8 nitrogen and oxygen atoms in total. The van der Waals surface area contributed by atoms with Crippen LogP contribution in [0, 0.1) is 0 Å². The number of para-hydroxylation sites is 2. The maximum absolute atomic E-state index is 13.2. The summed E-state index contributed by atoms with van der Waals surface area (Å²) in [4.78, 5) is 28.1. The third-order valence-corrected chi connectivity index (χ3v) is 7.65. The number of hydrogen-bond donors (Lipinski definition) is 4. The van der Waals surface area contributed by atoms with Crippen LogP contribution >= 0.6 is 0 Å². The molecule has 3 aromatic carbocycles. The highest BCUT2D eigenvalue weighted by molar-refractivity contribution is 6.30. The number of fused-ring (bicyclic) bond motifs is 10. The highest BCUT2D eigenvalue weighted by atomic mass is 16.5. The average molecular weight is 469 g/mol. The van der Waals surface area contributed by atoms with Crippen LogP contribution in [0.4, 0.5) is 0 Å². The first-order valence-corrected chi connectivity index (χ1v) is 11.9. The lowest BCUT2D eigenvalue weighted by atomic mass is 9.96. The van der Waals surface area contributed by atoms with Crippen molar-refractivity contribution in [2.45, 2.75) is 44.4 Å². The molecule has 2 amide bonds. The zero-order valence-corrected chi connectivity index (χ0v) is 19.0. The fourth-order valence-electron chi connectivity index (χ4n) is 6.14. The molecule has 8 heteroatoms. The third kappa shape index (κ3) is 2.69. The summed E-state index contributed by atoms with van der Waals surface area (Å²) in [5.41, 5.74) is 5.50. The summed E-state index contributed by atoms with van der Waals surface area (Å²) in [5, 5.41) is 20.4. The van der Waals surface area contributed by atoms with Crippen LogP contribution < -0.4 is 10.6 Å². The number of ether oxygens (including phenoxy) is 1. The Hall–Kier alpha value is -3.88. The number of benzene rings is 3. The summed E-state index contributed by atoms with van der Waals surface area (Å²) < 4.78 is 8.48. The molecular weight excluding hydrogens is 444 g/mol. The van der Waals surface area contributed by atoms with Gasteiger partial charge in [0.25, 0.3) is 5.91 Å². The minimum Gasteiger partial charge on any atom is -0.388 e. The summed E-state index contributed by atoms with van der Waals surface area (Å²) in [5.74, 6) is -0.0751. The van der Waals surface area contributed by atoms with Crippen molar-refractivity contribution in [1.29, 1.82) is 0 Å². The second kappa shape index (κ2) is 7.31. The number of aromatic nitrogens is 2. The van der Waals surface area contributed by atoms with Gasteiger partial charge in [0.1, 0.15) is 12.3 Å². The van der Waals surface area contributed by atoms with Crippen LogP contribution in [0.1, 0.15) is 35.5 Å². The van der Waals surface area contributed by atoms with Crippen molar-refractivity contribution >= 4 is 55.9 Å². The van der Waals surface area contributed by atoms with Gasteiger partial charge in [-0.05, 0) is 24.6 Å². The molecule has 7 rings (SSSR count). The van der Waals surface area contributed by atoms with Gasteiger partial charge in [0, 0.05) is 40.0 Å². The highest BCUT2D eigenvalue weighted by Gasteiger charge is 2.38. The van der Waals surface area contributed by atoms with E-state index in [9.17, 15) is 14.7 Å². The van der Waals surface area contributed by atoms with Crippen molar-refractivity contribution in [1.82, 2.24) is 20.2 Å². The SMILES string of the molecule is C[C@@H]1O[C@@H](n2c3ccccc3c3c4c(c5c6ccccc6[nH]c5c32)CNC4=O)C[C@@H](NC=O)[C@H]1O. The number of carbonyl (C=O) groups excluding carboxylic acids is 2. The largest absolute Gasteiger partial charge is 0.388 e. The predicted octanol–water partition coefficient (Wildman–Crippen LogP) is 3.46. The van der Waals surface area contributed by atoms with Gasteiger partial charge in [0.05, 0.1) is 34.3 Å². The number of amides is 2. The van der Waals surface area contributed by atoms with Crippen LogP contribution in [0.25, 0.3) is 43.6 Å². The molecule has 0 unspecified atom stereocenters. The van der Waals surface area contributed by atoms with Gasteiger partial charge >= 0.3 is 0 Å². The van der Waals surface area contributed by atoms with Crippen LogP contribution in [0.3, 0.4) is 0 Å². The van der Waals surface area contributed by atoms with E-state index < -0.39 is 24.5 Å². The van der Waals surface area contributed by atoms with Gasteiger partial charge in [-0.3, -0.25) is 9.59 Å². The van der Waals surface area contributed by atoms with Crippen LogP contribution in [0.5, 0.6) is 0 Å². The van der Waals surface area contributed by atoms with Gasteiger partial charge in [-0.2, -0.15) is 0 Å². The standard InChI is InChI=1S/C27H24N4O4/c1-13-26(33)18(29-12-32)10-20(35-13)31-19-9-5-3-7-15(19)22-23-16(11-28-27(23)34)21-14-6-2-4-8-17(14)30-24(21)25(22)31/h2-9,12-13,18,20,26,30,33H,10-11H2,1H3,(H,28,34)(H,29,32)/t13-,18+,20+,26-/m0/s1. The smallest absolute Gasteiger partial charge is 0.252 e. The number of carbonyl (C=O) groups is 2. The molecule has 0 spiro atoms. The van der Waals surface area contributed by atoms with Gasteiger partial charge in [-0.1, -0.05) is 36.4 Å². The van der Waals surface area contributed by atoms with E-state index in [1.807, 2.05) is 49.4 Å². The Labute approximate surface area is 199 Å². The number of H-pyrrole nitrogens is 1. The van der Waals surface area contributed by atoms with E-state index in [0.29, 0.717) is 24.9 Å². The maximum Gasteiger partial charge on any atom is 0.252 e. The van der Waals surface area contributed by atoms with Crippen molar-refractivity contribution in [2.75, 3.05) is 0 Å². The second-order valence-electron chi connectivity index (χ2n) is 9.48. The minimum atomic E-state index is -0.812. The van der Waals surface area contributed by atoms with Gasteiger partial charge in [-0.15, -0.1) is 0 Å². The van der Waals surface area contributed by atoms with Gasteiger partial charge in [-0.25, -0.2) is 0 Å². The number of aliphatic hydroxyl groups excluding tert-OH is 1. The van der Waals surface area contributed by atoms with E-state index in [1.165, 1.54) is 0 Å². The molecule has 1 fully saturated rings. The molecule has 0 radical (unpaired) electrons. The Bertz CT molecular complexity index is 1680. The first kappa shape index (κ1) is 20.5. The number of hydrogen-bond acceptors (Lipinski definition) is 4. The van der Waals surface area contributed by atoms with Crippen LogP contribution in [-0.4, -0.2) is 45.2 Å². The van der Waals surface area contributed by atoms with Crippen molar-refractivity contribution in [3.05, 3.63) is 59.7 Å². The van der Waals surface area contributed by atoms with Gasteiger partial charge in [0.2, 0.25) is 6.41 Å². The minimum absolute atomic E-state index is 0.0751. The first-order valence-electron chi connectivity index (χ1n) is 11.9. The Morgan fingerprint density at radius 2 is 1.89 bits per heavy atom. The van der Waals surface area contributed by atoms with Crippen LogP contribution in [0.15, 0.2) is 48.5 Å². The summed E-state index contributed by atoms with van der Waals surface area (Å²) in [6.07, 6.45) is -0.735.